The number of para-hydroxylation sites is 1. The van der Waals surface area contributed by atoms with Gasteiger partial charge in [0, 0.05) is 25.4 Å². The van der Waals surface area contributed by atoms with E-state index in [-0.39, 0.29) is 11.8 Å². The van der Waals surface area contributed by atoms with Crippen LogP contribution in [0.15, 0.2) is 78.9 Å². The van der Waals surface area contributed by atoms with Crippen molar-refractivity contribution in [3.05, 3.63) is 101 Å². The van der Waals surface area contributed by atoms with E-state index in [4.69, 9.17) is 4.74 Å². The SMILES string of the molecule is O=C([C@@H]1Cc2ccccc2O1)N1Cc2ccccc2[C@@H](c2ccccc2)C1. The van der Waals surface area contributed by atoms with Gasteiger partial charge in [0.2, 0.25) is 0 Å². The Hall–Kier alpha value is -3.07. The lowest BCUT2D eigenvalue weighted by atomic mass is 9.84. The van der Waals surface area contributed by atoms with Crippen LogP contribution in [0.4, 0.5) is 0 Å². The molecule has 0 aliphatic carbocycles. The number of amides is 1. The summed E-state index contributed by atoms with van der Waals surface area (Å²) in [7, 11) is 0. The van der Waals surface area contributed by atoms with Crippen molar-refractivity contribution in [2.24, 2.45) is 0 Å². The normalized spacial score (nSPS) is 20.5. The van der Waals surface area contributed by atoms with E-state index in [0.29, 0.717) is 19.5 Å². The molecule has 2 aliphatic heterocycles. The highest BCUT2D eigenvalue weighted by molar-refractivity contribution is 5.83. The Labute approximate surface area is 159 Å². The highest BCUT2D eigenvalue weighted by Gasteiger charge is 2.36. The summed E-state index contributed by atoms with van der Waals surface area (Å²) in [6.07, 6.45) is 0.243. The molecule has 0 radical (unpaired) electrons. The van der Waals surface area contributed by atoms with Gasteiger partial charge in [0.1, 0.15) is 5.75 Å². The second-order valence-electron chi connectivity index (χ2n) is 7.30. The molecule has 27 heavy (non-hydrogen) atoms. The number of ether oxygens (including phenoxy) is 1. The van der Waals surface area contributed by atoms with Gasteiger partial charge in [-0.3, -0.25) is 4.79 Å². The highest BCUT2D eigenvalue weighted by Crippen LogP contribution is 2.35. The van der Waals surface area contributed by atoms with Crippen LogP contribution in [0.3, 0.4) is 0 Å². The van der Waals surface area contributed by atoms with Gasteiger partial charge in [-0.25, -0.2) is 0 Å². The first-order valence-corrected chi connectivity index (χ1v) is 9.46. The summed E-state index contributed by atoms with van der Waals surface area (Å²) < 4.78 is 5.96. The first kappa shape index (κ1) is 16.1. The predicted molar refractivity (Wildman–Crippen MR) is 105 cm³/mol. The van der Waals surface area contributed by atoms with E-state index in [1.807, 2.05) is 35.2 Å². The van der Waals surface area contributed by atoms with Crippen LogP contribution in [0.5, 0.6) is 5.75 Å². The van der Waals surface area contributed by atoms with Gasteiger partial charge < -0.3 is 9.64 Å². The van der Waals surface area contributed by atoms with Crippen LogP contribution in [-0.2, 0) is 17.8 Å². The summed E-state index contributed by atoms with van der Waals surface area (Å²) in [6, 6.07) is 26.9. The average Bonchev–Trinajstić information content (AvgIpc) is 3.17. The zero-order valence-corrected chi connectivity index (χ0v) is 15.0. The van der Waals surface area contributed by atoms with Gasteiger partial charge in [0.05, 0.1) is 0 Å². The van der Waals surface area contributed by atoms with Gasteiger partial charge >= 0.3 is 0 Å². The molecule has 0 bridgehead atoms. The van der Waals surface area contributed by atoms with E-state index in [9.17, 15) is 4.79 Å². The molecule has 134 valence electrons. The zero-order chi connectivity index (χ0) is 18.2. The van der Waals surface area contributed by atoms with Crippen molar-refractivity contribution in [2.75, 3.05) is 6.54 Å². The van der Waals surface area contributed by atoms with Gasteiger partial charge in [0.25, 0.3) is 5.91 Å². The maximum Gasteiger partial charge on any atom is 0.264 e. The van der Waals surface area contributed by atoms with E-state index in [0.717, 1.165) is 11.3 Å². The lowest BCUT2D eigenvalue weighted by molar-refractivity contribution is -0.139. The third kappa shape index (κ3) is 2.89. The molecule has 3 aromatic rings. The first-order chi connectivity index (χ1) is 13.3. The molecule has 1 amide bonds. The summed E-state index contributed by atoms with van der Waals surface area (Å²) in [4.78, 5) is 15.2. The molecule has 0 saturated heterocycles. The molecule has 2 atom stereocenters. The third-order valence-electron chi connectivity index (χ3n) is 5.63. The quantitative estimate of drug-likeness (QED) is 0.691. The fraction of sp³-hybridized carbons (Fsp3) is 0.208. The second-order valence-corrected chi connectivity index (χ2v) is 7.30. The Balaban J connectivity index is 1.44. The van der Waals surface area contributed by atoms with Crippen molar-refractivity contribution in [3.63, 3.8) is 0 Å². The van der Waals surface area contributed by atoms with Crippen molar-refractivity contribution in [1.29, 1.82) is 0 Å². The highest BCUT2D eigenvalue weighted by atomic mass is 16.5. The van der Waals surface area contributed by atoms with Crippen LogP contribution in [0.2, 0.25) is 0 Å². The van der Waals surface area contributed by atoms with Crippen molar-refractivity contribution in [3.8, 4) is 5.75 Å². The predicted octanol–water partition coefficient (Wildman–Crippen LogP) is 4.16. The van der Waals surface area contributed by atoms with Crippen molar-refractivity contribution in [1.82, 2.24) is 4.90 Å². The Bertz CT molecular complexity index is 957. The number of carbonyl (C=O) groups excluding carboxylic acids is 1. The summed E-state index contributed by atoms with van der Waals surface area (Å²) in [5.74, 6) is 1.12. The monoisotopic (exact) mass is 355 g/mol. The lowest BCUT2D eigenvalue weighted by Crippen LogP contribution is -2.45. The minimum Gasteiger partial charge on any atom is -0.480 e. The number of fused-ring (bicyclic) bond motifs is 2. The molecule has 5 rings (SSSR count). The maximum atomic E-state index is 13.3. The van der Waals surface area contributed by atoms with E-state index in [1.54, 1.807) is 0 Å². The van der Waals surface area contributed by atoms with E-state index < -0.39 is 6.10 Å². The van der Waals surface area contributed by atoms with Crippen molar-refractivity contribution in [2.45, 2.75) is 25.0 Å². The summed E-state index contributed by atoms with van der Waals surface area (Å²) >= 11 is 0. The van der Waals surface area contributed by atoms with Crippen molar-refractivity contribution >= 4 is 5.91 Å². The summed E-state index contributed by atoms with van der Waals surface area (Å²) in [5.41, 5.74) is 4.91. The van der Waals surface area contributed by atoms with E-state index in [1.165, 1.54) is 16.7 Å². The molecule has 3 aromatic carbocycles. The van der Waals surface area contributed by atoms with Gasteiger partial charge in [-0.2, -0.15) is 0 Å². The molecule has 3 heteroatoms. The van der Waals surface area contributed by atoms with E-state index >= 15 is 0 Å². The molecule has 0 saturated carbocycles. The molecule has 0 fully saturated rings. The fourth-order valence-electron chi connectivity index (χ4n) is 4.27. The van der Waals surface area contributed by atoms with Crippen LogP contribution in [0, 0.1) is 0 Å². The van der Waals surface area contributed by atoms with Crippen LogP contribution >= 0.6 is 0 Å². The second kappa shape index (κ2) is 6.58. The summed E-state index contributed by atoms with van der Waals surface area (Å²) in [5, 5.41) is 0. The van der Waals surface area contributed by atoms with Gasteiger partial charge in [-0.05, 0) is 28.3 Å². The van der Waals surface area contributed by atoms with Crippen LogP contribution in [0.25, 0.3) is 0 Å². The van der Waals surface area contributed by atoms with Gasteiger partial charge in [-0.1, -0.05) is 72.8 Å². The number of hydrogen-bond acceptors (Lipinski definition) is 2. The van der Waals surface area contributed by atoms with Crippen molar-refractivity contribution < 1.29 is 9.53 Å². The van der Waals surface area contributed by atoms with Gasteiger partial charge in [-0.15, -0.1) is 0 Å². The number of rotatable bonds is 2. The van der Waals surface area contributed by atoms with Crippen LogP contribution < -0.4 is 4.74 Å². The molecular weight excluding hydrogens is 334 g/mol. The molecule has 0 spiro atoms. The fourth-order valence-corrected chi connectivity index (χ4v) is 4.27. The van der Waals surface area contributed by atoms with Gasteiger partial charge in [0.15, 0.2) is 6.10 Å². The smallest absolute Gasteiger partial charge is 0.264 e. The molecule has 0 N–H and O–H groups in total. The molecule has 0 aromatic heterocycles. The Kier molecular flexibility index (Phi) is 3.93. The summed E-state index contributed by atoms with van der Waals surface area (Å²) in [6.45, 7) is 1.34. The Morgan fingerprint density at radius 3 is 2.37 bits per heavy atom. The number of benzene rings is 3. The standard InChI is InChI=1S/C24H21NO2/c26-24(23-14-18-10-5-7-13-22(18)27-23)25-15-19-11-4-6-12-20(19)21(16-25)17-8-2-1-3-9-17/h1-13,21,23H,14-16H2/t21-,23+/m1/s1. The van der Waals surface area contributed by atoms with Crippen LogP contribution in [-0.4, -0.2) is 23.5 Å². The first-order valence-electron chi connectivity index (χ1n) is 9.46. The average molecular weight is 355 g/mol. The zero-order valence-electron chi connectivity index (χ0n) is 15.0. The topological polar surface area (TPSA) is 29.5 Å². The Morgan fingerprint density at radius 2 is 1.56 bits per heavy atom. The van der Waals surface area contributed by atoms with E-state index in [2.05, 4.69) is 48.5 Å². The maximum absolute atomic E-state index is 13.3. The van der Waals surface area contributed by atoms with Crippen LogP contribution in [0.1, 0.15) is 28.2 Å². The molecule has 0 unspecified atom stereocenters. The molecule has 3 nitrogen and oxygen atoms in total. The molecule has 2 heterocycles. The number of carbonyl (C=O) groups is 1. The molecule has 2 aliphatic rings. The lowest BCUT2D eigenvalue weighted by Gasteiger charge is -2.36. The minimum atomic E-state index is -0.413. The number of hydrogen-bond donors (Lipinski definition) is 0. The molecular formula is C24H21NO2. The minimum absolute atomic E-state index is 0.0848. The number of nitrogens with zero attached hydrogens (tertiary/aromatic N) is 1. The third-order valence-corrected chi connectivity index (χ3v) is 5.63. The largest absolute Gasteiger partial charge is 0.480 e. The Morgan fingerprint density at radius 1 is 0.852 bits per heavy atom.